The van der Waals surface area contributed by atoms with Crippen LogP contribution in [0.2, 0.25) is 0 Å². The van der Waals surface area contributed by atoms with Crippen molar-refractivity contribution in [2.24, 2.45) is 5.92 Å². The van der Waals surface area contributed by atoms with Crippen molar-refractivity contribution in [3.05, 3.63) is 0 Å². The lowest BCUT2D eigenvalue weighted by Gasteiger charge is -2.34. The van der Waals surface area contributed by atoms with E-state index in [2.05, 4.69) is 0 Å². The zero-order valence-corrected chi connectivity index (χ0v) is 12.2. The van der Waals surface area contributed by atoms with Gasteiger partial charge in [-0.2, -0.15) is 0 Å². The van der Waals surface area contributed by atoms with E-state index in [0.29, 0.717) is 25.3 Å². The van der Waals surface area contributed by atoms with E-state index in [1.165, 1.54) is 0 Å². The van der Waals surface area contributed by atoms with Crippen LogP contribution >= 0.6 is 0 Å². The third kappa shape index (κ3) is 2.63. The third-order valence-electron chi connectivity index (χ3n) is 5.16. The Balaban J connectivity index is 1.74. The van der Waals surface area contributed by atoms with Crippen molar-refractivity contribution >= 4 is 17.8 Å². The van der Waals surface area contributed by atoms with Crippen molar-refractivity contribution in [1.29, 1.82) is 0 Å². The number of hydrogen-bond acceptors (Lipinski definition) is 3. The summed E-state index contributed by atoms with van der Waals surface area (Å²) < 4.78 is 0. The molecule has 3 fully saturated rings. The maximum Gasteiger partial charge on any atom is 0.326 e. The SMILES string of the molecule is O=C(O)[C@@H]1C[C@@H]2CCCC[C@H]2N1C(=O)CN1CCCC1=O. The van der Waals surface area contributed by atoms with Crippen LogP contribution in [0, 0.1) is 5.92 Å². The van der Waals surface area contributed by atoms with E-state index in [-0.39, 0.29) is 24.4 Å². The molecule has 0 radical (unpaired) electrons. The van der Waals surface area contributed by atoms with Crippen LogP contribution in [0.5, 0.6) is 0 Å². The number of hydrogen-bond donors (Lipinski definition) is 1. The molecule has 0 aromatic carbocycles. The number of likely N-dealkylation sites (tertiary alicyclic amines) is 2. The van der Waals surface area contributed by atoms with Gasteiger partial charge in [0.2, 0.25) is 11.8 Å². The Labute approximate surface area is 124 Å². The van der Waals surface area contributed by atoms with Gasteiger partial charge in [-0.3, -0.25) is 9.59 Å². The molecule has 2 saturated heterocycles. The number of carboxylic acids is 1. The fourth-order valence-corrected chi connectivity index (χ4v) is 4.16. The number of aliphatic carboxylic acids is 1. The Kier molecular flexibility index (Phi) is 3.87. The summed E-state index contributed by atoms with van der Waals surface area (Å²) in [7, 11) is 0. The van der Waals surface area contributed by atoms with Crippen LogP contribution in [-0.4, -0.2) is 57.9 Å². The number of carboxylic acid groups (broad SMARTS) is 1. The van der Waals surface area contributed by atoms with E-state index >= 15 is 0 Å². The van der Waals surface area contributed by atoms with Crippen molar-refractivity contribution in [2.75, 3.05) is 13.1 Å². The molecule has 2 aliphatic heterocycles. The van der Waals surface area contributed by atoms with Gasteiger partial charge in [-0.1, -0.05) is 12.8 Å². The van der Waals surface area contributed by atoms with Crippen LogP contribution in [0.1, 0.15) is 44.9 Å². The molecular weight excluding hydrogens is 272 g/mol. The number of carbonyl (C=O) groups is 3. The zero-order valence-electron chi connectivity index (χ0n) is 12.2. The van der Waals surface area contributed by atoms with Crippen molar-refractivity contribution in [3.8, 4) is 0 Å². The molecule has 21 heavy (non-hydrogen) atoms. The largest absolute Gasteiger partial charge is 0.480 e. The lowest BCUT2D eigenvalue weighted by atomic mass is 9.85. The minimum atomic E-state index is -0.912. The number of amides is 2. The van der Waals surface area contributed by atoms with Gasteiger partial charge in [0.15, 0.2) is 0 Å². The number of nitrogens with zero attached hydrogens (tertiary/aromatic N) is 2. The van der Waals surface area contributed by atoms with Crippen LogP contribution < -0.4 is 0 Å². The molecule has 1 saturated carbocycles. The highest BCUT2D eigenvalue weighted by Crippen LogP contribution is 2.39. The van der Waals surface area contributed by atoms with Crippen LogP contribution in [0.4, 0.5) is 0 Å². The molecule has 3 rings (SSSR count). The van der Waals surface area contributed by atoms with Crippen LogP contribution in [0.3, 0.4) is 0 Å². The molecule has 0 unspecified atom stereocenters. The minimum absolute atomic E-state index is 0.00890. The van der Waals surface area contributed by atoms with Gasteiger partial charge in [0.1, 0.15) is 6.04 Å². The highest BCUT2D eigenvalue weighted by molar-refractivity contribution is 5.89. The first-order valence-electron chi connectivity index (χ1n) is 7.89. The van der Waals surface area contributed by atoms with Gasteiger partial charge in [-0.15, -0.1) is 0 Å². The number of fused-ring (bicyclic) bond motifs is 1. The molecule has 6 heteroatoms. The summed E-state index contributed by atoms with van der Waals surface area (Å²) in [5.74, 6) is -0.773. The molecule has 6 nitrogen and oxygen atoms in total. The first-order valence-corrected chi connectivity index (χ1v) is 7.89. The molecule has 0 aromatic rings. The fraction of sp³-hybridized carbons (Fsp3) is 0.800. The first kappa shape index (κ1) is 14.4. The second kappa shape index (κ2) is 5.66. The Bertz CT molecular complexity index is 465. The standard InChI is InChI=1S/C15H22N2O4/c18-13-6-3-7-16(13)9-14(19)17-11-5-2-1-4-10(11)8-12(17)15(20)21/h10-12H,1-9H2,(H,20,21)/t10-,11+,12-/m0/s1. The summed E-state index contributed by atoms with van der Waals surface area (Å²) in [5, 5.41) is 9.42. The smallest absolute Gasteiger partial charge is 0.326 e. The van der Waals surface area contributed by atoms with Gasteiger partial charge in [-0.05, 0) is 31.6 Å². The van der Waals surface area contributed by atoms with E-state index in [0.717, 1.165) is 32.1 Å². The molecule has 0 bridgehead atoms. The van der Waals surface area contributed by atoms with Crippen molar-refractivity contribution in [1.82, 2.24) is 9.80 Å². The molecule has 1 N–H and O–H groups in total. The quantitative estimate of drug-likeness (QED) is 0.837. The summed E-state index contributed by atoms with van der Waals surface area (Å²) >= 11 is 0. The fourth-order valence-electron chi connectivity index (χ4n) is 4.16. The molecule has 1 aliphatic carbocycles. The average Bonchev–Trinajstić information content (AvgIpc) is 3.03. The lowest BCUT2D eigenvalue weighted by Crippen LogP contribution is -2.50. The van der Waals surface area contributed by atoms with Gasteiger partial charge in [0.25, 0.3) is 0 Å². The molecule has 3 aliphatic rings. The Morgan fingerprint density at radius 1 is 1.19 bits per heavy atom. The molecule has 116 valence electrons. The summed E-state index contributed by atoms with van der Waals surface area (Å²) in [5.41, 5.74) is 0. The van der Waals surface area contributed by atoms with Gasteiger partial charge in [-0.25, -0.2) is 4.79 Å². The van der Waals surface area contributed by atoms with Gasteiger partial charge < -0.3 is 14.9 Å². The summed E-state index contributed by atoms with van der Waals surface area (Å²) in [6, 6.07) is -0.645. The highest BCUT2D eigenvalue weighted by Gasteiger charge is 2.47. The topological polar surface area (TPSA) is 77.9 Å². The van der Waals surface area contributed by atoms with Crippen molar-refractivity contribution in [3.63, 3.8) is 0 Å². The molecule has 2 amide bonds. The normalized spacial score (nSPS) is 32.4. The van der Waals surface area contributed by atoms with Gasteiger partial charge in [0.05, 0.1) is 6.54 Å². The molecule has 0 spiro atoms. The molecular formula is C15H22N2O4. The summed E-state index contributed by atoms with van der Waals surface area (Å²) in [4.78, 5) is 38.9. The van der Waals surface area contributed by atoms with Gasteiger partial charge in [0, 0.05) is 19.0 Å². The predicted octanol–water partition coefficient (Wildman–Crippen LogP) is 0.853. The van der Waals surface area contributed by atoms with Crippen LogP contribution in [0.15, 0.2) is 0 Å². The van der Waals surface area contributed by atoms with Gasteiger partial charge >= 0.3 is 5.97 Å². The molecule has 0 aromatic heterocycles. The minimum Gasteiger partial charge on any atom is -0.480 e. The zero-order chi connectivity index (χ0) is 15.0. The third-order valence-corrected chi connectivity index (χ3v) is 5.16. The average molecular weight is 294 g/mol. The Morgan fingerprint density at radius 3 is 2.62 bits per heavy atom. The van der Waals surface area contributed by atoms with E-state index in [1.807, 2.05) is 0 Å². The number of rotatable bonds is 3. The first-order chi connectivity index (χ1) is 10.1. The van der Waals surface area contributed by atoms with Crippen LogP contribution in [-0.2, 0) is 14.4 Å². The van der Waals surface area contributed by atoms with E-state index in [1.54, 1.807) is 9.80 Å². The molecule has 2 heterocycles. The summed E-state index contributed by atoms with van der Waals surface area (Å²) in [6.07, 6.45) is 5.96. The second-order valence-electron chi connectivity index (χ2n) is 6.42. The van der Waals surface area contributed by atoms with E-state index in [4.69, 9.17) is 0 Å². The number of carbonyl (C=O) groups excluding carboxylic acids is 2. The lowest BCUT2D eigenvalue weighted by molar-refractivity contribution is -0.151. The van der Waals surface area contributed by atoms with Crippen LogP contribution in [0.25, 0.3) is 0 Å². The second-order valence-corrected chi connectivity index (χ2v) is 6.42. The highest BCUT2D eigenvalue weighted by atomic mass is 16.4. The Morgan fingerprint density at radius 2 is 1.95 bits per heavy atom. The molecule has 3 atom stereocenters. The van der Waals surface area contributed by atoms with Crippen molar-refractivity contribution in [2.45, 2.75) is 57.0 Å². The van der Waals surface area contributed by atoms with Crippen molar-refractivity contribution < 1.29 is 19.5 Å². The monoisotopic (exact) mass is 294 g/mol. The maximum absolute atomic E-state index is 12.6. The summed E-state index contributed by atoms with van der Waals surface area (Å²) in [6.45, 7) is 0.663. The maximum atomic E-state index is 12.6. The van der Waals surface area contributed by atoms with E-state index in [9.17, 15) is 19.5 Å². The van der Waals surface area contributed by atoms with E-state index < -0.39 is 12.0 Å². The predicted molar refractivity (Wildman–Crippen MR) is 74.4 cm³/mol. The Hall–Kier alpha value is -1.59.